The lowest BCUT2D eigenvalue weighted by atomic mass is 9.88. The molecule has 0 fully saturated rings. The second-order valence-electron chi connectivity index (χ2n) is 5.01. The molecule has 102 valence electrons. The molecule has 1 aromatic carbocycles. The van der Waals surface area contributed by atoms with Gasteiger partial charge in [0.25, 0.3) is 0 Å². The Morgan fingerprint density at radius 2 is 2.06 bits per heavy atom. The molecule has 0 aliphatic heterocycles. The summed E-state index contributed by atoms with van der Waals surface area (Å²) in [6, 6.07) is 3.51. The highest BCUT2D eigenvalue weighted by Crippen LogP contribution is 2.19. The van der Waals surface area contributed by atoms with Crippen molar-refractivity contribution >= 4 is 0 Å². The van der Waals surface area contributed by atoms with Gasteiger partial charge in [0.2, 0.25) is 0 Å². The summed E-state index contributed by atoms with van der Waals surface area (Å²) in [4.78, 5) is 0. The third-order valence-corrected chi connectivity index (χ3v) is 3.49. The zero-order valence-electron chi connectivity index (χ0n) is 11.1. The van der Waals surface area contributed by atoms with Crippen LogP contribution in [0.5, 0.6) is 0 Å². The molecule has 0 radical (unpaired) electrons. The van der Waals surface area contributed by atoms with Gasteiger partial charge >= 0.3 is 0 Å². The second-order valence-corrected chi connectivity index (χ2v) is 5.01. The Bertz CT molecular complexity index is 393. The number of hydrogen-bond acceptors (Lipinski definition) is 2. The van der Waals surface area contributed by atoms with Crippen LogP contribution in [0, 0.1) is 17.6 Å². The monoisotopic (exact) mass is 257 g/mol. The molecule has 0 aromatic heterocycles. The van der Waals surface area contributed by atoms with Gasteiger partial charge in [-0.05, 0) is 18.9 Å². The molecule has 0 spiro atoms. The number of hydrogen-bond donors (Lipinski definition) is 2. The van der Waals surface area contributed by atoms with Gasteiger partial charge in [-0.15, -0.1) is 0 Å². The molecule has 0 amide bonds. The Morgan fingerprint density at radius 1 is 1.39 bits per heavy atom. The molecule has 2 atom stereocenters. The van der Waals surface area contributed by atoms with Gasteiger partial charge in [-0.2, -0.15) is 0 Å². The van der Waals surface area contributed by atoms with E-state index < -0.39 is 17.2 Å². The first-order chi connectivity index (χ1) is 8.36. The van der Waals surface area contributed by atoms with Gasteiger partial charge in [0.15, 0.2) is 0 Å². The third kappa shape index (κ3) is 4.03. The molecule has 1 rings (SSSR count). The predicted octanol–water partition coefficient (Wildman–Crippen LogP) is 2.85. The van der Waals surface area contributed by atoms with Crippen LogP contribution < -0.4 is 5.32 Å². The van der Waals surface area contributed by atoms with Crippen LogP contribution in [-0.2, 0) is 6.54 Å². The smallest absolute Gasteiger partial charge is 0.130 e. The fourth-order valence-corrected chi connectivity index (χ4v) is 1.73. The summed E-state index contributed by atoms with van der Waals surface area (Å²) in [6.45, 7) is 6.39. The summed E-state index contributed by atoms with van der Waals surface area (Å²) < 4.78 is 26.1. The Morgan fingerprint density at radius 3 is 2.61 bits per heavy atom. The molecule has 18 heavy (non-hydrogen) atoms. The van der Waals surface area contributed by atoms with E-state index in [1.807, 2.05) is 13.8 Å². The van der Waals surface area contributed by atoms with Crippen molar-refractivity contribution in [1.29, 1.82) is 0 Å². The van der Waals surface area contributed by atoms with Crippen LogP contribution >= 0.6 is 0 Å². The average Bonchev–Trinajstić information content (AvgIpc) is 2.30. The number of benzene rings is 1. The van der Waals surface area contributed by atoms with Gasteiger partial charge in [-0.1, -0.05) is 26.3 Å². The lowest BCUT2D eigenvalue weighted by Gasteiger charge is -2.30. The quantitative estimate of drug-likeness (QED) is 0.821. The van der Waals surface area contributed by atoms with Crippen molar-refractivity contribution in [2.75, 3.05) is 6.54 Å². The third-order valence-electron chi connectivity index (χ3n) is 3.49. The topological polar surface area (TPSA) is 32.3 Å². The Labute approximate surface area is 107 Å². The zero-order valence-corrected chi connectivity index (χ0v) is 11.1. The minimum atomic E-state index is -0.828. The number of halogens is 2. The number of aliphatic hydroxyl groups is 1. The van der Waals surface area contributed by atoms with E-state index in [-0.39, 0.29) is 12.5 Å². The normalized spacial score (nSPS) is 16.3. The molecular weight excluding hydrogens is 236 g/mol. The van der Waals surface area contributed by atoms with Crippen molar-refractivity contribution in [3.63, 3.8) is 0 Å². The SMILES string of the molecule is CCC(C)C(C)(O)CNCc1ccc(F)cc1F. The average molecular weight is 257 g/mol. The molecule has 0 saturated heterocycles. The number of nitrogens with one attached hydrogen (secondary N) is 1. The first-order valence-electron chi connectivity index (χ1n) is 6.24. The van der Waals surface area contributed by atoms with Gasteiger partial charge in [0.1, 0.15) is 11.6 Å². The van der Waals surface area contributed by atoms with Crippen LogP contribution in [0.4, 0.5) is 8.78 Å². The molecule has 0 bridgehead atoms. The van der Waals surface area contributed by atoms with Crippen molar-refractivity contribution in [3.8, 4) is 0 Å². The van der Waals surface area contributed by atoms with E-state index in [2.05, 4.69) is 5.32 Å². The number of rotatable bonds is 6. The maximum absolute atomic E-state index is 13.4. The summed E-state index contributed by atoms with van der Waals surface area (Å²) in [5.41, 5.74) is -0.429. The Balaban J connectivity index is 2.51. The lowest BCUT2D eigenvalue weighted by molar-refractivity contribution is 0.00529. The standard InChI is InChI=1S/C14H21F2NO/c1-4-10(2)14(3,18)9-17-8-11-5-6-12(15)7-13(11)16/h5-7,10,17-18H,4,8-9H2,1-3H3. The molecular formula is C14H21F2NO. The summed E-state index contributed by atoms with van der Waals surface area (Å²) >= 11 is 0. The van der Waals surface area contributed by atoms with Crippen LogP contribution in [0.15, 0.2) is 18.2 Å². The van der Waals surface area contributed by atoms with Crippen LogP contribution in [0.3, 0.4) is 0 Å². The zero-order chi connectivity index (χ0) is 13.8. The van der Waals surface area contributed by atoms with Gasteiger partial charge < -0.3 is 10.4 Å². The van der Waals surface area contributed by atoms with Gasteiger partial charge in [0, 0.05) is 24.7 Å². The fraction of sp³-hybridized carbons (Fsp3) is 0.571. The van der Waals surface area contributed by atoms with Crippen molar-refractivity contribution in [3.05, 3.63) is 35.4 Å². The maximum atomic E-state index is 13.4. The summed E-state index contributed by atoms with van der Waals surface area (Å²) in [6.07, 6.45) is 0.875. The molecule has 4 heteroatoms. The summed E-state index contributed by atoms with van der Waals surface area (Å²) in [5, 5.41) is 13.2. The van der Waals surface area contributed by atoms with Crippen LogP contribution in [-0.4, -0.2) is 17.3 Å². The highest BCUT2D eigenvalue weighted by molar-refractivity contribution is 5.18. The first kappa shape index (κ1) is 15.1. The molecule has 1 aromatic rings. The van der Waals surface area contributed by atoms with E-state index in [9.17, 15) is 13.9 Å². The van der Waals surface area contributed by atoms with Gasteiger partial charge in [0.05, 0.1) is 5.60 Å². The highest BCUT2D eigenvalue weighted by Gasteiger charge is 2.26. The summed E-state index contributed by atoms with van der Waals surface area (Å²) in [5.74, 6) is -0.989. The summed E-state index contributed by atoms with van der Waals surface area (Å²) in [7, 11) is 0. The Hall–Kier alpha value is -1.00. The highest BCUT2D eigenvalue weighted by atomic mass is 19.1. The molecule has 2 nitrogen and oxygen atoms in total. The van der Waals surface area contributed by atoms with Crippen molar-refractivity contribution in [2.24, 2.45) is 5.92 Å². The predicted molar refractivity (Wildman–Crippen MR) is 68.1 cm³/mol. The lowest BCUT2D eigenvalue weighted by Crippen LogP contribution is -2.42. The van der Waals surface area contributed by atoms with Gasteiger partial charge in [-0.25, -0.2) is 8.78 Å². The van der Waals surface area contributed by atoms with E-state index in [0.29, 0.717) is 12.1 Å². The van der Waals surface area contributed by atoms with Crippen molar-refractivity contribution in [2.45, 2.75) is 39.3 Å². The minimum absolute atomic E-state index is 0.156. The molecule has 0 aliphatic rings. The molecule has 2 N–H and O–H groups in total. The van der Waals surface area contributed by atoms with Gasteiger partial charge in [-0.3, -0.25) is 0 Å². The van der Waals surface area contributed by atoms with Crippen LogP contribution in [0.1, 0.15) is 32.8 Å². The van der Waals surface area contributed by atoms with E-state index in [4.69, 9.17) is 0 Å². The van der Waals surface area contributed by atoms with Crippen molar-refractivity contribution in [1.82, 2.24) is 5.32 Å². The van der Waals surface area contributed by atoms with E-state index >= 15 is 0 Å². The van der Waals surface area contributed by atoms with Crippen LogP contribution in [0.25, 0.3) is 0 Å². The molecule has 0 aliphatic carbocycles. The van der Waals surface area contributed by atoms with E-state index in [1.54, 1.807) is 6.92 Å². The maximum Gasteiger partial charge on any atom is 0.130 e. The minimum Gasteiger partial charge on any atom is -0.389 e. The molecule has 2 unspecified atom stereocenters. The first-order valence-corrected chi connectivity index (χ1v) is 6.24. The molecule has 0 saturated carbocycles. The second kappa shape index (κ2) is 6.25. The molecule has 0 heterocycles. The Kier molecular flexibility index (Phi) is 5.23. The van der Waals surface area contributed by atoms with Crippen LogP contribution in [0.2, 0.25) is 0 Å². The van der Waals surface area contributed by atoms with Crippen molar-refractivity contribution < 1.29 is 13.9 Å². The van der Waals surface area contributed by atoms with E-state index in [0.717, 1.165) is 12.5 Å². The van der Waals surface area contributed by atoms with E-state index in [1.165, 1.54) is 12.1 Å². The fourth-order valence-electron chi connectivity index (χ4n) is 1.73. The largest absolute Gasteiger partial charge is 0.389 e.